The third kappa shape index (κ3) is 4.22. The smallest absolute Gasteiger partial charge is 0.339 e. The van der Waals surface area contributed by atoms with Gasteiger partial charge in [-0.2, -0.15) is 0 Å². The van der Waals surface area contributed by atoms with Gasteiger partial charge in [0.2, 0.25) is 0 Å². The second kappa shape index (κ2) is 8.87. The summed E-state index contributed by atoms with van der Waals surface area (Å²) < 4.78 is 0. The second-order valence-corrected chi connectivity index (χ2v) is 2.90. The number of hydrogen-bond donors (Lipinski definition) is 3. The van der Waals surface area contributed by atoms with Crippen molar-refractivity contribution in [3.05, 3.63) is 23.9 Å². The Morgan fingerprint density at radius 1 is 1.32 bits per heavy atom. The molecule has 0 unspecified atom stereocenters. The molecule has 0 spiro atoms. The molecule has 0 aliphatic carbocycles. The summed E-state index contributed by atoms with van der Waals surface area (Å²) in [5, 5.41) is 14.3. The first-order valence-corrected chi connectivity index (χ1v) is 6.23. The number of pyridine rings is 1. The maximum absolute atomic E-state index is 10.9. The maximum atomic E-state index is 10.9. The van der Waals surface area contributed by atoms with Crippen molar-refractivity contribution in [3.8, 4) is 0 Å². The minimum atomic E-state index is -1.03. The van der Waals surface area contributed by atoms with Gasteiger partial charge >= 0.3 is 5.97 Å². The van der Waals surface area contributed by atoms with Crippen molar-refractivity contribution in [2.45, 2.75) is 34.6 Å². The monoisotopic (exact) mass is 267 g/mol. The van der Waals surface area contributed by atoms with Crippen LogP contribution in [0.1, 0.15) is 45.0 Å². The van der Waals surface area contributed by atoms with Gasteiger partial charge in [0.1, 0.15) is 11.4 Å². The molecule has 1 aliphatic rings. The molecule has 1 aromatic heterocycles. The quantitative estimate of drug-likeness (QED) is 0.759. The Balaban J connectivity index is 0.000000741. The fourth-order valence-electron chi connectivity index (χ4n) is 1.24. The molecule has 3 N–H and O–H groups in total. The number of hydrogen-bond acceptors (Lipinski definition) is 6. The van der Waals surface area contributed by atoms with E-state index in [0.717, 1.165) is 0 Å². The molecule has 0 fully saturated rings. The van der Waals surface area contributed by atoms with Gasteiger partial charge in [-0.1, -0.05) is 27.7 Å². The SMILES string of the molecule is CC.CC.CC1=NNNN1c1ncccc1C(=O)O. The Hall–Kier alpha value is -2.15. The van der Waals surface area contributed by atoms with E-state index in [0.29, 0.717) is 11.7 Å². The van der Waals surface area contributed by atoms with Crippen LogP contribution < -0.4 is 16.1 Å². The summed E-state index contributed by atoms with van der Waals surface area (Å²) in [6.45, 7) is 9.73. The lowest BCUT2D eigenvalue weighted by Gasteiger charge is -2.17. The van der Waals surface area contributed by atoms with Gasteiger partial charge in [-0.3, -0.25) is 0 Å². The third-order valence-electron chi connectivity index (χ3n) is 1.93. The van der Waals surface area contributed by atoms with E-state index < -0.39 is 5.97 Å². The molecule has 1 aliphatic heterocycles. The minimum absolute atomic E-state index is 0.114. The summed E-state index contributed by atoms with van der Waals surface area (Å²) in [6.07, 6.45) is 1.52. The molecule has 0 saturated heterocycles. The average molecular weight is 267 g/mol. The molecule has 1 aromatic rings. The highest BCUT2D eigenvalue weighted by Gasteiger charge is 2.21. The van der Waals surface area contributed by atoms with Gasteiger partial charge in [-0.05, 0) is 19.1 Å². The highest BCUT2D eigenvalue weighted by molar-refractivity contribution is 6.01. The number of hydrazine groups is 2. The molecule has 0 amide bonds. The van der Waals surface area contributed by atoms with Crippen molar-refractivity contribution < 1.29 is 9.90 Å². The molecule has 2 heterocycles. The van der Waals surface area contributed by atoms with E-state index in [1.165, 1.54) is 17.3 Å². The number of hydrazone groups is 1. The topological polar surface area (TPSA) is 89.9 Å². The molecule has 0 atom stereocenters. The molecule has 106 valence electrons. The van der Waals surface area contributed by atoms with Gasteiger partial charge in [0.25, 0.3) is 0 Å². The molecular formula is C12H21N5O2. The van der Waals surface area contributed by atoms with Crippen molar-refractivity contribution in [2.24, 2.45) is 5.10 Å². The van der Waals surface area contributed by atoms with Crippen LogP contribution in [-0.4, -0.2) is 21.9 Å². The molecule has 0 aromatic carbocycles. The first kappa shape index (κ1) is 16.9. The van der Waals surface area contributed by atoms with Gasteiger partial charge < -0.3 is 5.11 Å². The average Bonchev–Trinajstić information content (AvgIpc) is 2.89. The summed E-state index contributed by atoms with van der Waals surface area (Å²) in [4.78, 5) is 14.9. The van der Waals surface area contributed by atoms with E-state index >= 15 is 0 Å². The summed E-state index contributed by atoms with van der Waals surface area (Å²) >= 11 is 0. The van der Waals surface area contributed by atoms with Gasteiger partial charge in [-0.25, -0.2) is 20.3 Å². The molecule has 7 nitrogen and oxygen atoms in total. The first-order chi connectivity index (χ1) is 9.20. The van der Waals surface area contributed by atoms with Gasteiger partial charge in [-0.15, -0.1) is 10.6 Å². The predicted octanol–water partition coefficient (Wildman–Crippen LogP) is 1.99. The second-order valence-electron chi connectivity index (χ2n) is 2.90. The number of aromatic nitrogens is 1. The highest BCUT2D eigenvalue weighted by Crippen LogP contribution is 2.16. The Morgan fingerprint density at radius 3 is 2.42 bits per heavy atom. The van der Waals surface area contributed by atoms with Crippen LogP contribution in [0.2, 0.25) is 0 Å². The van der Waals surface area contributed by atoms with Crippen LogP contribution in [0, 0.1) is 0 Å². The standard InChI is InChI=1S/C8H9N5O2.2C2H6/c1-5-10-11-12-13(5)7-6(8(14)15)3-2-4-9-7;2*1-2/h2-4,11-12H,1H3,(H,14,15);2*1-2H3. The number of nitrogens with one attached hydrogen (secondary N) is 2. The number of carboxylic acid groups (broad SMARTS) is 1. The summed E-state index contributed by atoms with van der Waals surface area (Å²) in [6, 6.07) is 3.06. The van der Waals surface area contributed by atoms with Crippen LogP contribution in [0.15, 0.2) is 23.4 Å². The number of rotatable bonds is 2. The van der Waals surface area contributed by atoms with Crippen LogP contribution in [0.5, 0.6) is 0 Å². The molecule has 7 heteroatoms. The zero-order valence-electron chi connectivity index (χ0n) is 11.9. The molecule has 0 saturated carbocycles. The fraction of sp³-hybridized carbons (Fsp3) is 0.417. The third-order valence-corrected chi connectivity index (χ3v) is 1.93. The Bertz CT molecular complexity index is 434. The van der Waals surface area contributed by atoms with Gasteiger partial charge in [0.15, 0.2) is 5.82 Å². The summed E-state index contributed by atoms with van der Waals surface area (Å²) in [7, 11) is 0. The number of anilines is 1. The number of nitrogens with zero attached hydrogens (tertiary/aromatic N) is 3. The van der Waals surface area contributed by atoms with Crippen molar-refractivity contribution in [1.82, 2.24) is 16.1 Å². The Kier molecular flexibility index (Phi) is 7.87. The molecule has 0 radical (unpaired) electrons. The maximum Gasteiger partial charge on any atom is 0.339 e. The molecule has 2 rings (SSSR count). The van der Waals surface area contributed by atoms with Crippen LogP contribution in [0.3, 0.4) is 0 Å². The predicted molar refractivity (Wildman–Crippen MR) is 75.8 cm³/mol. The van der Waals surface area contributed by atoms with E-state index in [1.54, 1.807) is 13.0 Å². The Morgan fingerprint density at radius 2 is 1.95 bits per heavy atom. The van der Waals surface area contributed by atoms with E-state index in [9.17, 15) is 4.79 Å². The highest BCUT2D eigenvalue weighted by atomic mass is 16.4. The molecule has 19 heavy (non-hydrogen) atoms. The van der Waals surface area contributed by atoms with E-state index in [-0.39, 0.29) is 5.56 Å². The van der Waals surface area contributed by atoms with E-state index in [1.807, 2.05) is 27.7 Å². The lowest BCUT2D eigenvalue weighted by Crippen LogP contribution is -2.41. The lowest BCUT2D eigenvalue weighted by atomic mass is 10.2. The zero-order chi connectivity index (χ0) is 14.8. The molecular weight excluding hydrogens is 246 g/mol. The van der Waals surface area contributed by atoms with Crippen molar-refractivity contribution >= 4 is 17.6 Å². The van der Waals surface area contributed by atoms with Crippen molar-refractivity contribution in [2.75, 3.05) is 5.01 Å². The van der Waals surface area contributed by atoms with E-state index in [2.05, 4.69) is 21.2 Å². The number of aromatic carboxylic acids is 1. The Labute approximate surface area is 113 Å². The zero-order valence-corrected chi connectivity index (χ0v) is 11.9. The van der Waals surface area contributed by atoms with Crippen LogP contribution in [0.4, 0.5) is 5.82 Å². The minimum Gasteiger partial charge on any atom is -0.478 e. The number of amidine groups is 1. The normalized spacial score (nSPS) is 12.3. The van der Waals surface area contributed by atoms with Crippen molar-refractivity contribution in [3.63, 3.8) is 0 Å². The van der Waals surface area contributed by atoms with Crippen molar-refractivity contribution in [1.29, 1.82) is 0 Å². The van der Waals surface area contributed by atoms with E-state index in [4.69, 9.17) is 5.11 Å². The summed E-state index contributed by atoms with van der Waals surface area (Å²) in [5.74, 6) is -0.132. The van der Waals surface area contributed by atoms with Gasteiger partial charge in [0, 0.05) is 6.20 Å². The van der Waals surface area contributed by atoms with Crippen LogP contribution in [0.25, 0.3) is 0 Å². The van der Waals surface area contributed by atoms with Crippen LogP contribution >= 0.6 is 0 Å². The fourth-order valence-corrected chi connectivity index (χ4v) is 1.24. The molecule has 0 bridgehead atoms. The van der Waals surface area contributed by atoms with Gasteiger partial charge in [0.05, 0.1) is 0 Å². The summed E-state index contributed by atoms with van der Waals surface area (Å²) in [5.41, 5.74) is 5.30. The largest absolute Gasteiger partial charge is 0.478 e. The number of carboxylic acids is 1. The van der Waals surface area contributed by atoms with Crippen LogP contribution in [-0.2, 0) is 0 Å². The first-order valence-electron chi connectivity index (χ1n) is 6.23. The number of carbonyl (C=O) groups is 1. The lowest BCUT2D eigenvalue weighted by molar-refractivity contribution is 0.0697.